The number of hydrogen-bond acceptors (Lipinski definition) is 6. The van der Waals surface area contributed by atoms with E-state index in [0.29, 0.717) is 23.6 Å². The molecule has 0 aliphatic rings. The Morgan fingerprint density at radius 2 is 2.17 bits per heavy atom. The lowest BCUT2D eigenvalue weighted by molar-refractivity contribution is -0.281. The zero-order chi connectivity index (χ0) is 18.4. The van der Waals surface area contributed by atoms with E-state index in [2.05, 4.69) is 14.6 Å². The normalized spacial score (nSPS) is 11.9. The highest BCUT2D eigenvalue weighted by atomic mass is 32.2. The fourth-order valence-electron chi connectivity index (χ4n) is 1.14. The summed E-state index contributed by atoms with van der Waals surface area (Å²) >= 11 is 0. The Labute approximate surface area is 142 Å². The van der Waals surface area contributed by atoms with Crippen LogP contribution in [0.1, 0.15) is 19.5 Å². The van der Waals surface area contributed by atoms with E-state index in [1.165, 1.54) is 6.92 Å². The molecular weight excluding hydrogens is 334 g/mol. The van der Waals surface area contributed by atoms with Crippen molar-refractivity contribution < 1.29 is 23.3 Å². The molecule has 1 heterocycles. The fourth-order valence-corrected chi connectivity index (χ4v) is 1.53. The highest BCUT2D eigenvalue weighted by molar-refractivity contribution is 7.88. The molecule has 0 atom stereocenters. The predicted molar refractivity (Wildman–Crippen MR) is 90.8 cm³/mol. The maximum Gasteiger partial charge on any atom is 0.228 e. The van der Waals surface area contributed by atoms with Crippen LogP contribution in [0, 0.1) is 6.57 Å². The molecule has 2 N–H and O–H groups in total. The van der Waals surface area contributed by atoms with Gasteiger partial charge in [-0.05, 0) is 26.0 Å². The number of nitrogens with zero attached hydrogens (tertiary/aromatic N) is 2. The Morgan fingerprint density at radius 1 is 1.46 bits per heavy atom. The Kier molecular flexibility index (Phi) is 10.9. The first-order chi connectivity index (χ1) is 11.3. The number of aromatic nitrogens is 1. The summed E-state index contributed by atoms with van der Waals surface area (Å²) in [6.07, 6.45) is 4.81. The lowest BCUT2D eigenvalue weighted by atomic mass is 10.2. The van der Waals surface area contributed by atoms with Crippen molar-refractivity contribution in [2.45, 2.75) is 13.8 Å². The largest absolute Gasteiger partial charge is 0.515 e. The molecule has 0 fully saturated rings. The Bertz CT molecular complexity index is 679. The van der Waals surface area contributed by atoms with Crippen molar-refractivity contribution in [2.24, 2.45) is 0 Å². The van der Waals surface area contributed by atoms with Gasteiger partial charge in [-0.1, -0.05) is 6.07 Å². The van der Waals surface area contributed by atoms with E-state index in [4.69, 9.17) is 21.5 Å². The van der Waals surface area contributed by atoms with Gasteiger partial charge in [-0.2, -0.15) is 0 Å². The van der Waals surface area contributed by atoms with Crippen LogP contribution >= 0.6 is 0 Å². The van der Waals surface area contributed by atoms with E-state index in [1.807, 2.05) is 19.1 Å². The van der Waals surface area contributed by atoms with Gasteiger partial charge in [-0.3, -0.25) is 4.98 Å². The molecule has 1 aromatic rings. The van der Waals surface area contributed by atoms with Gasteiger partial charge in [0, 0.05) is 18.0 Å². The number of hydrogen-bond donors (Lipinski definition) is 2. The average Bonchev–Trinajstić information content (AvgIpc) is 2.57. The number of pyridine rings is 1. The van der Waals surface area contributed by atoms with Crippen molar-refractivity contribution >= 4 is 15.6 Å². The van der Waals surface area contributed by atoms with Crippen LogP contribution in [-0.4, -0.2) is 38.0 Å². The number of rotatable bonds is 7. The fraction of sp³-hybridized carbons (Fsp3) is 0.333. The van der Waals surface area contributed by atoms with Crippen LogP contribution < -0.4 is 4.72 Å². The van der Waals surface area contributed by atoms with Crippen LogP contribution in [0.5, 0.6) is 0 Å². The van der Waals surface area contributed by atoms with E-state index in [1.54, 1.807) is 12.3 Å². The number of allylic oxidation sites excluding steroid dienone is 1. The summed E-state index contributed by atoms with van der Waals surface area (Å²) < 4.78 is 22.9. The van der Waals surface area contributed by atoms with Crippen molar-refractivity contribution in [3.63, 3.8) is 0 Å². The average molecular weight is 355 g/mol. The minimum absolute atomic E-state index is 0.182. The summed E-state index contributed by atoms with van der Waals surface area (Å²) in [5.41, 5.74) is 1.57. The van der Waals surface area contributed by atoms with Crippen molar-refractivity contribution in [3.8, 4) is 0 Å². The van der Waals surface area contributed by atoms with Crippen LogP contribution in [-0.2, 0) is 19.8 Å². The molecule has 0 aliphatic heterocycles. The highest BCUT2D eigenvalue weighted by Gasteiger charge is 2.02. The first kappa shape index (κ1) is 21.6. The van der Waals surface area contributed by atoms with Gasteiger partial charge in [0.1, 0.15) is 6.61 Å². The standard InChI is InChI=1S/C10H13NO3.C5H8N2O2S/c1-2-13-14-8-9(7-12)10-5-3-4-6-11-10;1-5(6-2)4-7-10(3,8)9/h3-7,12H,2,8H2,1H3;4,7H,1,3H3/b9-7+;5-4+. The summed E-state index contributed by atoms with van der Waals surface area (Å²) in [5, 5.41) is 8.94. The van der Waals surface area contributed by atoms with Crippen molar-refractivity contribution in [3.05, 3.63) is 59.7 Å². The molecule has 1 aromatic heterocycles. The van der Waals surface area contributed by atoms with Gasteiger partial charge < -0.3 is 9.83 Å². The van der Waals surface area contributed by atoms with E-state index < -0.39 is 10.0 Å². The third kappa shape index (κ3) is 11.2. The molecule has 0 aliphatic carbocycles. The summed E-state index contributed by atoms with van der Waals surface area (Å²) in [4.78, 5) is 16.6. The first-order valence-corrected chi connectivity index (χ1v) is 8.73. The zero-order valence-corrected chi connectivity index (χ0v) is 14.6. The van der Waals surface area contributed by atoms with Gasteiger partial charge in [-0.15, -0.1) is 0 Å². The predicted octanol–water partition coefficient (Wildman–Crippen LogP) is 2.26. The monoisotopic (exact) mass is 355 g/mol. The molecule has 0 radical (unpaired) electrons. The Balaban J connectivity index is 0.000000470. The number of aliphatic hydroxyl groups is 1. The van der Waals surface area contributed by atoms with Crippen molar-refractivity contribution in [1.29, 1.82) is 0 Å². The van der Waals surface area contributed by atoms with Gasteiger partial charge >= 0.3 is 0 Å². The molecule has 0 saturated carbocycles. The van der Waals surface area contributed by atoms with Crippen LogP contribution in [0.2, 0.25) is 0 Å². The van der Waals surface area contributed by atoms with Gasteiger partial charge in [0.05, 0.1) is 31.4 Å². The SMILES string of the molecule is CCOOC/C(=C\O)c1ccccn1.[C-]#[N+]/C(C)=C/NS(C)(=O)=O. The van der Waals surface area contributed by atoms with Crippen LogP contribution in [0.4, 0.5) is 0 Å². The van der Waals surface area contributed by atoms with E-state index in [9.17, 15) is 8.42 Å². The third-order valence-corrected chi connectivity index (χ3v) is 2.77. The lowest BCUT2D eigenvalue weighted by Gasteiger charge is -2.04. The summed E-state index contributed by atoms with van der Waals surface area (Å²) in [7, 11) is -3.20. The first-order valence-electron chi connectivity index (χ1n) is 6.84. The second-order valence-electron chi connectivity index (χ2n) is 4.33. The lowest BCUT2D eigenvalue weighted by Crippen LogP contribution is -2.15. The maximum atomic E-state index is 10.4. The van der Waals surface area contributed by atoms with Crippen molar-refractivity contribution in [2.75, 3.05) is 19.5 Å². The van der Waals surface area contributed by atoms with Gasteiger partial charge in [0.15, 0.2) is 5.70 Å². The van der Waals surface area contributed by atoms with Crippen molar-refractivity contribution in [1.82, 2.24) is 9.71 Å². The van der Waals surface area contributed by atoms with E-state index >= 15 is 0 Å². The summed E-state index contributed by atoms with van der Waals surface area (Å²) in [6.45, 7) is 10.4. The molecule has 0 amide bonds. The molecule has 0 saturated heterocycles. The third-order valence-electron chi connectivity index (χ3n) is 2.22. The van der Waals surface area contributed by atoms with Gasteiger partial charge in [0.2, 0.25) is 10.0 Å². The van der Waals surface area contributed by atoms with Gasteiger partial charge in [-0.25, -0.2) is 23.0 Å². The molecule has 0 spiro atoms. The second-order valence-corrected chi connectivity index (χ2v) is 6.11. The quantitative estimate of drug-likeness (QED) is 0.256. The molecule has 132 valence electrons. The molecular formula is C15H21N3O5S. The molecule has 1 rings (SSSR count). The van der Waals surface area contributed by atoms with Crippen LogP contribution in [0.3, 0.4) is 0 Å². The smallest absolute Gasteiger partial charge is 0.228 e. The van der Waals surface area contributed by atoms with Crippen LogP contribution in [0.15, 0.2) is 42.6 Å². The summed E-state index contributed by atoms with van der Waals surface area (Å²) in [6, 6.07) is 5.44. The highest BCUT2D eigenvalue weighted by Crippen LogP contribution is 2.10. The minimum atomic E-state index is -3.20. The molecule has 9 heteroatoms. The molecule has 24 heavy (non-hydrogen) atoms. The van der Waals surface area contributed by atoms with E-state index in [-0.39, 0.29) is 6.61 Å². The van der Waals surface area contributed by atoms with E-state index in [0.717, 1.165) is 18.7 Å². The molecule has 0 unspecified atom stereocenters. The zero-order valence-electron chi connectivity index (χ0n) is 13.8. The number of aliphatic hydroxyl groups excluding tert-OH is 1. The van der Waals surface area contributed by atoms with Crippen LogP contribution in [0.25, 0.3) is 10.4 Å². The maximum absolute atomic E-state index is 10.4. The topological polar surface area (TPSA) is 102 Å². The molecule has 8 nitrogen and oxygen atoms in total. The number of nitrogens with one attached hydrogen (secondary N) is 1. The molecule has 0 bridgehead atoms. The second kappa shape index (κ2) is 12.1. The molecule has 0 aromatic carbocycles. The van der Waals surface area contributed by atoms with Gasteiger partial charge in [0.25, 0.3) is 0 Å². The Morgan fingerprint density at radius 3 is 2.62 bits per heavy atom. The Hall–Kier alpha value is -2.41. The minimum Gasteiger partial charge on any atom is -0.515 e. The summed E-state index contributed by atoms with van der Waals surface area (Å²) in [5.74, 6) is 0. The number of sulfonamides is 1.